The minimum Gasteiger partial charge on any atom is -0.393 e. The van der Waals surface area contributed by atoms with E-state index in [0.717, 1.165) is 12.8 Å². The summed E-state index contributed by atoms with van der Waals surface area (Å²) in [6.07, 6.45) is 4.49. The average Bonchev–Trinajstić information content (AvgIpc) is 2.04. The molecule has 0 bridgehead atoms. The monoisotopic (exact) mass is 171 g/mol. The Kier molecular flexibility index (Phi) is 3.53. The normalized spacial score (nSPS) is 33.8. The first-order valence-corrected chi connectivity index (χ1v) is 5.06. The summed E-state index contributed by atoms with van der Waals surface area (Å²) in [6, 6.07) is 0.233. The van der Waals surface area contributed by atoms with Gasteiger partial charge in [-0.25, -0.2) is 0 Å². The fourth-order valence-corrected chi connectivity index (χ4v) is 2.11. The molecular formula is C10H21NO. The van der Waals surface area contributed by atoms with Gasteiger partial charge in [0.2, 0.25) is 0 Å². The van der Waals surface area contributed by atoms with Crippen LogP contribution in [0.25, 0.3) is 0 Å². The molecule has 0 aromatic heterocycles. The fraction of sp³-hybridized carbons (Fsp3) is 1.00. The molecule has 3 unspecified atom stereocenters. The van der Waals surface area contributed by atoms with Crippen LogP contribution >= 0.6 is 0 Å². The Balaban J connectivity index is 2.47. The average molecular weight is 171 g/mol. The quantitative estimate of drug-likeness (QED) is 0.661. The van der Waals surface area contributed by atoms with Gasteiger partial charge < -0.3 is 10.8 Å². The second-order valence-electron chi connectivity index (χ2n) is 4.35. The molecule has 12 heavy (non-hydrogen) atoms. The van der Waals surface area contributed by atoms with Crippen molar-refractivity contribution in [3.8, 4) is 0 Å². The molecule has 0 amide bonds. The minimum absolute atomic E-state index is 0.194. The van der Waals surface area contributed by atoms with E-state index in [0.29, 0.717) is 11.8 Å². The Morgan fingerprint density at radius 2 is 1.83 bits per heavy atom. The standard InChI is InChI=1S/C10H21NO/c1-7(2)10(12)8-5-3-4-6-9(8)11/h7-10,12H,3-6,11H2,1-2H3. The van der Waals surface area contributed by atoms with E-state index >= 15 is 0 Å². The molecule has 2 nitrogen and oxygen atoms in total. The van der Waals surface area contributed by atoms with Crippen LogP contribution in [0.4, 0.5) is 0 Å². The summed E-state index contributed by atoms with van der Waals surface area (Å²) in [7, 11) is 0. The molecule has 0 aliphatic heterocycles. The van der Waals surface area contributed by atoms with Gasteiger partial charge in [-0.3, -0.25) is 0 Å². The van der Waals surface area contributed by atoms with E-state index in [1.165, 1.54) is 12.8 Å². The number of hydrogen-bond acceptors (Lipinski definition) is 2. The Bertz CT molecular complexity index is 136. The molecule has 0 aromatic carbocycles. The Hall–Kier alpha value is -0.0800. The molecule has 0 spiro atoms. The summed E-state index contributed by atoms with van der Waals surface area (Å²) in [5.74, 6) is 0.692. The second-order valence-corrected chi connectivity index (χ2v) is 4.35. The number of rotatable bonds is 2. The van der Waals surface area contributed by atoms with Crippen LogP contribution in [0.1, 0.15) is 39.5 Å². The topological polar surface area (TPSA) is 46.2 Å². The van der Waals surface area contributed by atoms with E-state index in [9.17, 15) is 5.11 Å². The first-order chi connectivity index (χ1) is 5.63. The summed E-state index contributed by atoms with van der Waals surface area (Å²) in [6.45, 7) is 4.12. The Morgan fingerprint density at radius 3 is 2.33 bits per heavy atom. The number of hydrogen-bond donors (Lipinski definition) is 2. The molecular weight excluding hydrogens is 150 g/mol. The minimum atomic E-state index is -0.194. The van der Waals surface area contributed by atoms with Crippen molar-refractivity contribution >= 4 is 0 Å². The van der Waals surface area contributed by atoms with E-state index in [4.69, 9.17) is 5.73 Å². The van der Waals surface area contributed by atoms with Crippen molar-refractivity contribution in [1.29, 1.82) is 0 Å². The van der Waals surface area contributed by atoms with Crippen molar-refractivity contribution in [2.24, 2.45) is 17.6 Å². The Morgan fingerprint density at radius 1 is 1.25 bits per heavy atom. The second kappa shape index (κ2) is 4.24. The molecule has 3 N–H and O–H groups in total. The summed E-state index contributed by atoms with van der Waals surface area (Å²) >= 11 is 0. The molecule has 3 atom stereocenters. The predicted molar refractivity (Wildman–Crippen MR) is 50.8 cm³/mol. The van der Waals surface area contributed by atoms with Crippen LogP contribution in [-0.2, 0) is 0 Å². The van der Waals surface area contributed by atoms with Crippen LogP contribution in [0.2, 0.25) is 0 Å². The zero-order valence-corrected chi connectivity index (χ0v) is 8.16. The Labute approximate surface area is 75.2 Å². The van der Waals surface area contributed by atoms with Crippen LogP contribution in [0.5, 0.6) is 0 Å². The van der Waals surface area contributed by atoms with Crippen LogP contribution in [0.3, 0.4) is 0 Å². The van der Waals surface area contributed by atoms with E-state index in [2.05, 4.69) is 13.8 Å². The van der Waals surface area contributed by atoms with Gasteiger partial charge in [0.1, 0.15) is 0 Å². The maximum absolute atomic E-state index is 9.84. The largest absolute Gasteiger partial charge is 0.393 e. The van der Waals surface area contributed by atoms with E-state index in [1.807, 2.05) is 0 Å². The van der Waals surface area contributed by atoms with Crippen molar-refractivity contribution in [3.63, 3.8) is 0 Å². The first kappa shape index (κ1) is 10.0. The molecule has 0 saturated heterocycles. The maximum atomic E-state index is 9.84. The highest BCUT2D eigenvalue weighted by Gasteiger charge is 2.29. The lowest BCUT2D eigenvalue weighted by atomic mass is 9.78. The third-order valence-corrected chi connectivity index (χ3v) is 3.00. The summed E-state index contributed by atoms with van der Waals surface area (Å²) < 4.78 is 0. The molecule has 1 aliphatic rings. The SMILES string of the molecule is CC(C)C(O)C1CCCCC1N. The lowest BCUT2D eigenvalue weighted by molar-refractivity contribution is 0.0362. The van der Waals surface area contributed by atoms with Crippen molar-refractivity contribution in [2.45, 2.75) is 51.7 Å². The van der Waals surface area contributed by atoms with Crippen molar-refractivity contribution in [3.05, 3.63) is 0 Å². The van der Waals surface area contributed by atoms with E-state index < -0.39 is 0 Å². The van der Waals surface area contributed by atoms with Gasteiger partial charge in [-0.15, -0.1) is 0 Å². The van der Waals surface area contributed by atoms with Crippen LogP contribution < -0.4 is 5.73 Å². The number of aliphatic hydroxyl groups is 1. The highest BCUT2D eigenvalue weighted by atomic mass is 16.3. The molecule has 72 valence electrons. The lowest BCUT2D eigenvalue weighted by Crippen LogP contribution is -2.42. The van der Waals surface area contributed by atoms with Crippen molar-refractivity contribution in [1.82, 2.24) is 0 Å². The number of aliphatic hydroxyl groups excluding tert-OH is 1. The molecule has 1 saturated carbocycles. The number of nitrogens with two attached hydrogens (primary N) is 1. The smallest absolute Gasteiger partial charge is 0.0606 e. The molecule has 1 aliphatic carbocycles. The van der Waals surface area contributed by atoms with Gasteiger partial charge >= 0.3 is 0 Å². The van der Waals surface area contributed by atoms with Crippen LogP contribution in [0, 0.1) is 11.8 Å². The summed E-state index contributed by atoms with van der Waals surface area (Å²) in [4.78, 5) is 0. The van der Waals surface area contributed by atoms with Crippen LogP contribution in [0.15, 0.2) is 0 Å². The highest BCUT2D eigenvalue weighted by molar-refractivity contribution is 4.84. The summed E-state index contributed by atoms with van der Waals surface area (Å²) in [5.41, 5.74) is 5.96. The zero-order chi connectivity index (χ0) is 9.14. The van der Waals surface area contributed by atoms with Gasteiger partial charge in [-0.2, -0.15) is 0 Å². The van der Waals surface area contributed by atoms with Gasteiger partial charge in [0.15, 0.2) is 0 Å². The van der Waals surface area contributed by atoms with Crippen molar-refractivity contribution in [2.75, 3.05) is 0 Å². The fourth-order valence-electron chi connectivity index (χ4n) is 2.11. The van der Waals surface area contributed by atoms with E-state index in [-0.39, 0.29) is 12.1 Å². The molecule has 0 aromatic rings. The molecule has 0 radical (unpaired) electrons. The van der Waals surface area contributed by atoms with Gasteiger partial charge in [0, 0.05) is 12.0 Å². The third-order valence-electron chi connectivity index (χ3n) is 3.00. The van der Waals surface area contributed by atoms with E-state index in [1.54, 1.807) is 0 Å². The highest BCUT2D eigenvalue weighted by Crippen LogP contribution is 2.28. The van der Waals surface area contributed by atoms with Gasteiger partial charge in [0.05, 0.1) is 6.10 Å². The van der Waals surface area contributed by atoms with Gasteiger partial charge in [0.25, 0.3) is 0 Å². The van der Waals surface area contributed by atoms with Crippen molar-refractivity contribution < 1.29 is 5.11 Å². The third kappa shape index (κ3) is 2.20. The molecule has 2 heteroatoms. The zero-order valence-electron chi connectivity index (χ0n) is 8.16. The van der Waals surface area contributed by atoms with Gasteiger partial charge in [-0.1, -0.05) is 26.7 Å². The maximum Gasteiger partial charge on any atom is 0.0606 e. The molecule has 0 heterocycles. The molecule has 1 fully saturated rings. The summed E-state index contributed by atoms with van der Waals surface area (Å²) in [5, 5.41) is 9.84. The van der Waals surface area contributed by atoms with Crippen LogP contribution in [-0.4, -0.2) is 17.3 Å². The van der Waals surface area contributed by atoms with Gasteiger partial charge in [-0.05, 0) is 18.8 Å². The first-order valence-electron chi connectivity index (χ1n) is 5.06. The molecule has 1 rings (SSSR count). The lowest BCUT2D eigenvalue weighted by Gasteiger charge is -2.34. The predicted octanol–water partition coefficient (Wildman–Crippen LogP) is 1.52.